The highest BCUT2D eigenvalue weighted by molar-refractivity contribution is 9.10. The quantitative estimate of drug-likeness (QED) is 0.768. The molecule has 0 aliphatic heterocycles. The molecule has 0 spiro atoms. The van der Waals surface area contributed by atoms with Crippen molar-refractivity contribution >= 4 is 32.9 Å². The lowest BCUT2D eigenvalue weighted by molar-refractivity contribution is -0.146. The van der Waals surface area contributed by atoms with Gasteiger partial charge in [-0.1, -0.05) is 0 Å². The predicted octanol–water partition coefficient (Wildman–Crippen LogP) is 4.01. The summed E-state index contributed by atoms with van der Waals surface area (Å²) in [6.45, 7) is 2.12. The number of methoxy groups -OCH3 is 1. The molecule has 0 atom stereocenters. The number of esters is 1. The van der Waals surface area contributed by atoms with Crippen molar-refractivity contribution in [3.05, 3.63) is 28.5 Å². The van der Waals surface area contributed by atoms with E-state index in [0.29, 0.717) is 6.04 Å². The average molecular weight is 351 g/mol. The maximum absolute atomic E-state index is 11.6. The smallest absolute Gasteiger partial charge is 0.308 e. The summed E-state index contributed by atoms with van der Waals surface area (Å²) in [5.41, 5.74) is 2.28. The number of halogens is 1. The van der Waals surface area contributed by atoms with Crippen LogP contribution >= 0.6 is 15.9 Å². The lowest BCUT2D eigenvalue weighted by Gasteiger charge is -2.28. The zero-order valence-electron chi connectivity index (χ0n) is 12.3. The monoisotopic (exact) mass is 350 g/mol. The first kappa shape index (κ1) is 14.6. The molecule has 0 N–H and O–H groups in total. The van der Waals surface area contributed by atoms with E-state index in [4.69, 9.17) is 4.74 Å². The predicted molar refractivity (Wildman–Crippen MR) is 85.2 cm³/mol. The van der Waals surface area contributed by atoms with E-state index >= 15 is 0 Å². The fourth-order valence-corrected chi connectivity index (χ4v) is 3.63. The summed E-state index contributed by atoms with van der Waals surface area (Å²) >= 11 is 3.48. The second-order valence-corrected chi connectivity index (χ2v) is 6.69. The molecular formula is C16H19BrN2O2. The Morgan fingerprint density at radius 3 is 2.76 bits per heavy atom. The van der Waals surface area contributed by atoms with Crippen molar-refractivity contribution in [2.45, 2.75) is 38.6 Å². The van der Waals surface area contributed by atoms with Crippen molar-refractivity contribution < 1.29 is 9.53 Å². The molecular weight excluding hydrogens is 332 g/mol. The van der Waals surface area contributed by atoms with E-state index in [9.17, 15) is 4.79 Å². The van der Waals surface area contributed by atoms with Crippen LogP contribution in [-0.2, 0) is 9.53 Å². The lowest BCUT2D eigenvalue weighted by Crippen LogP contribution is -2.24. The number of aromatic nitrogens is 2. The second kappa shape index (κ2) is 5.79. The minimum Gasteiger partial charge on any atom is -0.469 e. The number of pyridine rings is 1. The Morgan fingerprint density at radius 2 is 2.10 bits per heavy atom. The maximum atomic E-state index is 11.6. The van der Waals surface area contributed by atoms with Crippen molar-refractivity contribution in [3.63, 3.8) is 0 Å². The van der Waals surface area contributed by atoms with Crippen LogP contribution in [0.4, 0.5) is 0 Å². The van der Waals surface area contributed by atoms with Gasteiger partial charge < -0.3 is 9.30 Å². The van der Waals surface area contributed by atoms with Gasteiger partial charge in [-0.25, -0.2) is 4.98 Å². The van der Waals surface area contributed by atoms with Crippen LogP contribution in [-0.4, -0.2) is 22.6 Å². The standard InChI is InChI=1S/C16H19BrN2O2/c1-10-9-19(15-14(10)7-12(17)8-18-15)13-5-3-11(4-6-13)16(20)21-2/h7-9,11,13H,3-6H2,1-2H3. The van der Waals surface area contributed by atoms with E-state index in [0.717, 1.165) is 35.8 Å². The third kappa shape index (κ3) is 2.71. The highest BCUT2D eigenvalue weighted by atomic mass is 79.9. The largest absolute Gasteiger partial charge is 0.469 e. The number of carbonyl (C=O) groups is 1. The van der Waals surface area contributed by atoms with E-state index in [-0.39, 0.29) is 11.9 Å². The first-order chi connectivity index (χ1) is 10.1. The molecule has 2 aromatic rings. The summed E-state index contributed by atoms with van der Waals surface area (Å²) in [6, 6.07) is 2.55. The van der Waals surface area contributed by atoms with Gasteiger partial charge in [-0.05, 0) is 60.2 Å². The van der Waals surface area contributed by atoms with Gasteiger partial charge in [0, 0.05) is 28.3 Å². The number of ether oxygens (including phenoxy) is 1. The number of aryl methyl sites for hydroxylation is 1. The Labute approximate surface area is 132 Å². The Balaban J connectivity index is 1.84. The first-order valence-electron chi connectivity index (χ1n) is 7.30. The second-order valence-electron chi connectivity index (χ2n) is 5.77. The molecule has 0 aromatic carbocycles. The first-order valence-corrected chi connectivity index (χ1v) is 8.10. The van der Waals surface area contributed by atoms with Crippen LogP contribution in [0.25, 0.3) is 11.0 Å². The van der Waals surface area contributed by atoms with E-state index in [1.807, 2.05) is 6.20 Å². The summed E-state index contributed by atoms with van der Waals surface area (Å²) in [7, 11) is 1.47. The van der Waals surface area contributed by atoms with Gasteiger partial charge in [0.1, 0.15) is 5.65 Å². The van der Waals surface area contributed by atoms with E-state index in [1.54, 1.807) is 0 Å². The van der Waals surface area contributed by atoms with Gasteiger partial charge in [0.2, 0.25) is 0 Å². The Morgan fingerprint density at radius 1 is 1.38 bits per heavy atom. The number of nitrogens with zero attached hydrogens (tertiary/aromatic N) is 2. The molecule has 0 saturated heterocycles. The van der Waals surface area contributed by atoms with Gasteiger partial charge in [0.05, 0.1) is 13.0 Å². The summed E-state index contributed by atoms with van der Waals surface area (Å²) in [6.07, 6.45) is 7.83. The van der Waals surface area contributed by atoms with E-state index in [2.05, 4.69) is 44.7 Å². The van der Waals surface area contributed by atoms with Crippen LogP contribution in [0.2, 0.25) is 0 Å². The maximum Gasteiger partial charge on any atom is 0.308 e. The number of carbonyl (C=O) groups excluding carboxylic acids is 1. The highest BCUT2D eigenvalue weighted by Gasteiger charge is 2.28. The molecule has 1 fully saturated rings. The van der Waals surface area contributed by atoms with Crippen molar-refractivity contribution in [2.24, 2.45) is 5.92 Å². The van der Waals surface area contributed by atoms with E-state index in [1.165, 1.54) is 18.1 Å². The summed E-state index contributed by atoms with van der Waals surface area (Å²) in [5.74, 6) is 0.000303. The lowest BCUT2D eigenvalue weighted by atomic mass is 9.86. The molecule has 2 aromatic heterocycles. The fraction of sp³-hybridized carbons (Fsp3) is 0.500. The molecule has 0 unspecified atom stereocenters. The zero-order valence-corrected chi connectivity index (χ0v) is 13.9. The molecule has 0 amide bonds. The summed E-state index contributed by atoms with van der Waals surface area (Å²) in [5, 5.41) is 1.19. The van der Waals surface area contributed by atoms with Crippen LogP contribution in [0.3, 0.4) is 0 Å². The molecule has 1 aliphatic carbocycles. The van der Waals surface area contributed by atoms with Gasteiger partial charge in [-0.2, -0.15) is 0 Å². The molecule has 21 heavy (non-hydrogen) atoms. The molecule has 112 valence electrons. The number of fused-ring (bicyclic) bond motifs is 1. The SMILES string of the molecule is COC(=O)C1CCC(n2cc(C)c3cc(Br)cnc32)CC1. The molecule has 0 bridgehead atoms. The zero-order chi connectivity index (χ0) is 15.0. The molecule has 0 radical (unpaired) electrons. The van der Waals surface area contributed by atoms with Gasteiger partial charge >= 0.3 is 5.97 Å². The third-order valence-electron chi connectivity index (χ3n) is 4.46. The number of rotatable bonds is 2. The van der Waals surface area contributed by atoms with Crippen molar-refractivity contribution in [2.75, 3.05) is 7.11 Å². The van der Waals surface area contributed by atoms with Crippen LogP contribution in [0.5, 0.6) is 0 Å². The topological polar surface area (TPSA) is 44.1 Å². The Kier molecular flexibility index (Phi) is 4.02. The Bertz CT molecular complexity index is 672. The minimum absolute atomic E-state index is 0.0657. The van der Waals surface area contributed by atoms with Crippen LogP contribution in [0, 0.1) is 12.8 Å². The highest BCUT2D eigenvalue weighted by Crippen LogP contribution is 2.35. The van der Waals surface area contributed by atoms with Crippen molar-refractivity contribution in [1.82, 2.24) is 9.55 Å². The van der Waals surface area contributed by atoms with E-state index < -0.39 is 0 Å². The molecule has 3 rings (SSSR count). The third-order valence-corrected chi connectivity index (χ3v) is 4.89. The van der Waals surface area contributed by atoms with Gasteiger partial charge in [-0.3, -0.25) is 4.79 Å². The van der Waals surface area contributed by atoms with Gasteiger partial charge in [0.25, 0.3) is 0 Å². The fourth-order valence-electron chi connectivity index (χ4n) is 3.30. The van der Waals surface area contributed by atoms with Crippen LogP contribution < -0.4 is 0 Å². The molecule has 5 heteroatoms. The van der Waals surface area contributed by atoms with Crippen molar-refractivity contribution in [1.29, 1.82) is 0 Å². The average Bonchev–Trinajstić information content (AvgIpc) is 2.83. The molecule has 1 saturated carbocycles. The molecule has 2 heterocycles. The number of hydrogen-bond donors (Lipinski definition) is 0. The Hall–Kier alpha value is -1.36. The molecule has 4 nitrogen and oxygen atoms in total. The molecule has 1 aliphatic rings. The van der Waals surface area contributed by atoms with Crippen molar-refractivity contribution in [3.8, 4) is 0 Å². The summed E-state index contributed by atoms with van der Waals surface area (Å²) < 4.78 is 8.14. The van der Waals surface area contributed by atoms with Crippen LogP contribution in [0.15, 0.2) is 22.9 Å². The normalized spacial score (nSPS) is 22.4. The summed E-state index contributed by atoms with van der Waals surface area (Å²) in [4.78, 5) is 16.2. The van der Waals surface area contributed by atoms with Gasteiger partial charge in [-0.15, -0.1) is 0 Å². The minimum atomic E-state index is -0.0657. The number of hydrogen-bond acceptors (Lipinski definition) is 3. The van der Waals surface area contributed by atoms with Gasteiger partial charge in [0.15, 0.2) is 0 Å². The van der Waals surface area contributed by atoms with Crippen LogP contribution in [0.1, 0.15) is 37.3 Å².